The number of amides is 1. The highest BCUT2D eigenvalue weighted by Gasteiger charge is 2.28. The molecule has 0 spiro atoms. The third-order valence-corrected chi connectivity index (χ3v) is 3.47. The molecule has 1 aliphatic heterocycles. The Morgan fingerprint density at radius 2 is 2.12 bits per heavy atom. The summed E-state index contributed by atoms with van der Waals surface area (Å²) >= 11 is 0. The molecule has 1 heterocycles. The van der Waals surface area contributed by atoms with Gasteiger partial charge in [0.1, 0.15) is 6.29 Å². The molecule has 1 aliphatic rings. The molecule has 1 atom stereocenters. The third kappa shape index (κ3) is 2.23. The molecule has 1 fully saturated rings. The molecule has 3 nitrogen and oxygen atoms in total. The summed E-state index contributed by atoms with van der Waals surface area (Å²) in [7, 11) is 0. The number of likely N-dealkylation sites (tertiary alicyclic amines) is 1. The van der Waals surface area contributed by atoms with E-state index in [-0.39, 0.29) is 11.9 Å². The van der Waals surface area contributed by atoms with Crippen LogP contribution in [0.1, 0.15) is 34.3 Å². The van der Waals surface area contributed by atoms with Crippen LogP contribution in [0.3, 0.4) is 0 Å². The second-order valence-corrected chi connectivity index (χ2v) is 4.64. The summed E-state index contributed by atoms with van der Waals surface area (Å²) in [6.07, 6.45) is 2.59. The SMILES string of the molecule is Cc1ccc(C(=O)N2CCCC2C=O)cc1C. The number of hydrogen-bond acceptors (Lipinski definition) is 2. The van der Waals surface area contributed by atoms with Crippen molar-refractivity contribution in [2.75, 3.05) is 6.54 Å². The smallest absolute Gasteiger partial charge is 0.254 e. The predicted octanol–water partition coefficient (Wildman–Crippen LogP) is 2.11. The molecule has 1 aromatic carbocycles. The number of rotatable bonds is 2. The Bertz CT molecular complexity index is 454. The van der Waals surface area contributed by atoms with Gasteiger partial charge >= 0.3 is 0 Å². The van der Waals surface area contributed by atoms with E-state index in [1.165, 1.54) is 5.56 Å². The van der Waals surface area contributed by atoms with Crippen molar-refractivity contribution in [3.63, 3.8) is 0 Å². The van der Waals surface area contributed by atoms with Gasteiger partial charge in [-0.05, 0) is 49.9 Å². The summed E-state index contributed by atoms with van der Waals surface area (Å²) in [5.41, 5.74) is 2.97. The summed E-state index contributed by atoms with van der Waals surface area (Å²) in [5, 5.41) is 0. The lowest BCUT2D eigenvalue weighted by Crippen LogP contribution is -2.36. The van der Waals surface area contributed by atoms with E-state index in [4.69, 9.17) is 0 Å². The van der Waals surface area contributed by atoms with Crippen molar-refractivity contribution in [2.45, 2.75) is 32.7 Å². The van der Waals surface area contributed by atoms with Gasteiger partial charge < -0.3 is 9.69 Å². The summed E-state index contributed by atoms with van der Waals surface area (Å²) in [4.78, 5) is 24.8. The minimum atomic E-state index is -0.232. The first kappa shape index (κ1) is 11.8. The zero-order valence-electron chi connectivity index (χ0n) is 10.3. The van der Waals surface area contributed by atoms with Crippen LogP contribution in [0, 0.1) is 13.8 Å². The third-order valence-electron chi connectivity index (χ3n) is 3.47. The Balaban J connectivity index is 2.24. The highest BCUT2D eigenvalue weighted by atomic mass is 16.2. The number of carbonyl (C=O) groups excluding carboxylic acids is 2. The molecule has 3 heteroatoms. The Labute approximate surface area is 101 Å². The van der Waals surface area contributed by atoms with E-state index in [1.54, 1.807) is 4.90 Å². The fraction of sp³-hybridized carbons (Fsp3) is 0.429. The fourth-order valence-corrected chi connectivity index (χ4v) is 2.23. The zero-order valence-corrected chi connectivity index (χ0v) is 10.3. The Morgan fingerprint density at radius 1 is 1.35 bits per heavy atom. The minimum Gasteiger partial charge on any atom is -0.329 e. The van der Waals surface area contributed by atoms with E-state index in [2.05, 4.69) is 0 Å². The molecule has 0 aromatic heterocycles. The second-order valence-electron chi connectivity index (χ2n) is 4.64. The molecular formula is C14H17NO2. The largest absolute Gasteiger partial charge is 0.329 e. The van der Waals surface area contributed by atoms with Crippen molar-refractivity contribution in [3.05, 3.63) is 34.9 Å². The van der Waals surface area contributed by atoms with Gasteiger partial charge in [0, 0.05) is 12.1 Å². The first-order chi connectivity index (χ1) is 8.13. The van der Waals surface area contributed by atoms with Crippen molar-refractivity contribution >= 4 is 12.2 Å². The molecule has 17 heavy (non-hydrogen) atoms. The van der Waals surface area contributed by atoms with Gasteiger partial charge in [-0.2, -0.15) is 0 Å². The van der Waals surface area contributed by atoms with Crippen LogP contribution in [0.5, 0.6) is 0 Å². The number of aldehydes is 1. The van der Waals surface area contributed by atoms with Crippen molar-refractivity contribution in [1.82, 2.24) is 4.90 Å². The second kappa shape index (κ2) is 4.70. The molecule has 1 unspecified atom stereocenters. The maximum Gasteiger partial charge on any atom is 0.254 e. The van der Waals surface area contributed by atoms with Crippen molar-refractivity contribution in [2.24, 2.45) is 0 Å². The van der Waals surface area contributed by atoms with Crippen LogP contribution in [-0.4, -0.2) is 29.7 Å². The van der Waals surface area contributed by atoms with Gasteiger partial charge in [-0.25, -0.2) is 0 Å². The van der Waals surface area contributed by atoms with Crippen LogP contribution in [0.2, 0.25) is 0 Å². The maximum atomic E-state index is 12.2. The molecule has 0 radical (unpaired) electrons. The number of carbonyl (C=O) groups is 2. The maximum absolute atomic E-state index is 12.2. The molecule has 1 amide bonds. The predicted molar refractivity (Wildman–Crippen MR) is 66.0 cm³/mol. The quantitative estimate of drug-likeness (QED) is 0.731. The molecular weight excluding hydrogens is 214 g/mol. The molecule has 0 bridgehead atoms. The van der Waals surface area contributed by atoms with Crippen LogP contribution in [-0.2, 0) is 4.79 Å². The van der Waals surface area contributed by atoms with Gasteiger partial charge in [-0.1, -0.05) is 6.07 Å². The standard InChI is InChI=1S/C14H17NO2/c1-10-5-6-12(8-11(10)2)14(17)15-7-3-4-13(15)9-16/h5-6,8-9,13H,3-4,7H2,1-2H3. The van der Waals surface area contributed by atoms with Gasteiger partial charge in [0.05, 0.1) is 6.04 Å². The van der Waals surface area contributed by atoms with Gasteiger partial charge in [-0.15, -0.1) is 0 Å². The Kier molecular flexibility index (Phi) is 3.27. The minimum absolute atomic E-state index is 0.0253. The number of nitrogens with zero attached hydrogens (tertiary/aromatic N) is 1. The molecule has 0 saturated carbocycles. The van der Waals surface area contributed by atoms with E-state index in [0.29, 0.717) is 12.1 Å². The first-order valence-electron chi connectivity index (χ1n) is 5.97. The normalized spacial score (nSPS) is 19.4. The van der Waals surface area contributed by atoms with Crippen LogP contribution >= 0.6 is 0 Å². The van der Waals surface area contributed by atoms with Crippen LogP contribution in [0.4, 0.5) is 0 Å². The first-order valence-corrected chi connectivity index (χ1v) is 5.97. The number of hydrogen-bond donors (Lipinski definition) is 0. The van der Waals surface area contributed by atoms with Gasteiger partial charge in [0.25, 0.3) is 5.91 Å². The summed E-state index contributed by atoms with van der Waals surface area (Å²) in [6, 6.07) is 5.46. The summed E-state index contributed by atoms with van der Waals surface area (Å²) in [5.74, 6) is -0.0253. The summed E-state index contributed by atoms with van der Waals surface area (Å²) < 4.78 is 0. The summed E-state index contributed by atoms with van der Waals surface area (Å²) in [6.45, 7) is 4.70. The van der Waals surface area contributed by atoms with Crippen LogP contribution in [0.25, 0.3) is 0 Å². The average molecular weight is 231 g/mol. The molecule has 0 aliphatic carbocycles. The fourth-order valence-electron chi connectivity index (χ4n) is 2.23. The molecule has 90 valence electrons. The van der Waals surface area contributed by atoms with Crippen molar-refractivity contribution < 1.29 is 9.59 Å². The van der Waals surface area contributed by atoms with Crippen LogP contribution in [0.15, 0.2) is 18.2 Å². The Morgan fingerprint density at radius 3 is 2.76 bits per heavy atom. The van der Waals surface area contributed by atoms with E-state index in [0.717, 1.165) is 24.7 Å². The Hall–Kier alpha value is -1.64. The lowest BCUT2D eigenvalue weighted by molar-refractivity contribution is -0.111. The lowest BCUT2D eigenvalue weighted by atomic mass is 10.1. The zero-order chi connectivity index (χ0) is 12.4. The molecule has 1 aromatic rings. The monoisotopic (exact) mass is 231 g/mol. The topological polar surface area (TPSA) is 37.4 Å². The van der Waals surface area contributed by atoms with Crippen molar-refractivity contribution in [1.29, 1.82) is 0 Å². The molecule has 2 rings (SSSR count). The van der Waals surface area contributed by atoms with E-state index < -0.39 is 0 Å². The van der Waals surface area contributed by atoms with Gasteiger partial charge in [0.2, 0.25) is 0 Å². The van der Waals surface area contributed by atoms with Gasteiger partial charge in [0.15, 0.2) is 0 Å². The van der Waals surface area contributed by atoms with E-state index >= 15 is 0 Å². The highest BCUT2D eigenvalue weighted by molar-refractivity contribution is 5.96. The van der Waals surface area contributed by atoms with E-state index in [9.17, 15) is 9.59 Å². The average Bonchev–Trinajstić information content (AvgIpc) is 2.80. The van der Waals surface area contributed by atoms with E-state index in [1.807, 2.05) is 32.0 Å². The van der Waals surface area contributed by atoms with Crippen molar-refractivity contribution in [3.8, 4) is 0 Å². The number of benzene rings is 1. The lowest BCUT2D eigenvalue weighted by Gasteiger charge is -2.20. The molecule has 1 saturated heterocycles. The molecule has 0 N–H and O–H groups in total. The van der Waals surface area contributed by atoms with Gasteiger partial charge in [-0.3, -0.25) is 4.79 Å². The van der Waals surface area contributed by atoms with Crippen LogP contribution < -0.4 is 0 Å². The number of aryl methyl sites for hydroxylation is 2. The highest BCUT2D eigenvalue weighted by Crippen LogP contribution is 2.19.